The molecule has 3 heterocycles. The van der Waals surface area contributed by atoms with Gasteiger partial charge in [0, 0.05) is 17.5 Å². The van der Waals surface area contributed by atoms with Gasteiger partial charge in [-0.2, -0.15) is 0 Å². The smallest absolute Gasteiger partial charge is 0.227 e. The minimum Gasteiger partial charge on any atom is -0.334 e. The summed E-state index contributed by atoms with van der Waals surface area (Å²) in [5.41, 5.74) is 1.09. The second-order valence-electron chi connectivity index (χ2n) is 5.28. The average molecular weight is 265 g/mol. The molecule has 4 nitrogen and oxygen atoms in total. The van der Waals surface area contributed by atoms with Gasteiger partial charge in [-0.25, -0.2) is 4.98 Å². The topological polar surface area (TPSA) is 45.2 Å². The van der Waals surface area contributed by atoms with E-state index < -0.39 is 0 Å². The van der Waals surface area contributed by atoms with E-state index in [4.69, 9.17) is 0 Å². The van der Waals surface area contributed by atoms with Gasteiger partial charge in [0.2, 0.25) is 5.91 Å². The molecular weight excluding hydrogens is 246 g/mol. The predicted octanol–water partition coefficient (Wildman–Crippen LogP) is 1.47. The molecule has 5 heteroatoms. The summed E-state index contributed by atoms with van der Waals surface area (Å²) in [6.45, 7) is 6.71. The Labute approximate surface area is 111 Å². The minimum atomic E-state index is 0.209. The summed E-state index contributed by atoms with van der Waals surface area (Å²) in [5.74, 6) is 0.526. The molecule has 0 spiro atoms. The SMILES string of the molecule is Cc1nc(CN2CC3NCCCC3C2=O)sc1C. The van der Waals surface area contributed by atoms with Crippen LogP contribution >= 0.6 is 11.3 Å². The van der Waals surface area contributed by atoms with E-state index in [1.54, 1.807) is 11.3 Å². The summed E-state index contributed by atoms with van der Waals surface area (Å²) in [6, 6.07) is 0.369. The fourth-order valence-corrected chi connectivity index (χ4v) is 3.86. The van der Waals surface area contributed by atoms with Crippen LogP contribution in [-0.2, 0) is 11.3 Å². The van der Waals surface area contributed by atoms with Crippen molar-refractivity contribution in [3.05, 3.63) is 15.6 Å². The molecule has 2 atom stereocenters. The second-order valence-corrected chi connectivity index (χ2v) is 6.57. The summed E-state index contributed by atoms with van der Waals surface area (Å²) in [7, 11) is 0. The Balaban J connectivity index is 1.72. The van der Waals surface area contributed by atoms with Crippen molar-refractivity contribution in [3.63, 3.8) is 0 Å². The number of likely N-dealkylation sites (tertiary alicyclic amines) is 1. The first-order chi connectivity index (χ1) is 8.65. The van der Waals surface area contributed by atoms with E-state index in [9.17, 15) is 4.79 Å². The van der Waals surface area contributed by atoms with E-state index in [1.807, 2.05) is 11.8 Å². The van der Waals surface area contributed by atoms with Crippen LogP contribution in [0.25, 0.3) is 0 Å². The van der Waals surface area contributed by atoms with Gasteiger partial charge in [0.15, 0.2) is 0 Å². The molecule has 0 saturated carbocycles. The fourth-order valence-electron chi connectivity index (χ4n) is 2.91. The van der Waals surface area contributed by atoms with Crippen LogP contribution in [0.1, 0.15) is 28.4 Å². The number of amides is 1. The van der Waals surface area contributed by atoms with Gasteiger partial charge in [0.05, 0.1) is 18.2 Å². The first-order valence-electron chi connectivity index (χ1n) is 6.60. The maximum Gasteiger partial charge on any atom is 0.227 e. The lowest BCUT2D eigenvalue weighted by Gasteiger charge is -2.23. The summed E-state index contributed by atoms with van der Waals surface area (Å²) in [4.78, 5) is 20.1. The van der Waals surface area contributed by atoms with Crippen LogP contribution in [0.3, 0.4) is 0 Å². The van der Waals surface area contributed by atoms with Crippen molar-refractivity contribution in [2.75, 3.05) is 13.1 Å². The van der Waals surface area contributed by atoms with Gasteiger partial charge >= 0.3 is 0 Å². The van der Waals surface area contributed by atoms with Crippen molar-refractivity contribution in [1.82, 2.24) is 15.2 Å². The van der Waals surface area contributed by atoms with Crippen molar-refractivity contribution in [2.45, 2.75) is 39.3 Å². The molecule has 0 aromatic carbocycles. The van der Waals surface area contributed by atoms with Crippen LogP contribution in [0.2, 0.25) is 0 Å². The number of nitrogens with one attached hydrogen (secondary N) is 1. The van der Waals surface area contributed by atoms with Gasteiger partial charge in [-0.05, 0) is 33.2 Å². The molecule has 18 heavy (non-hydrogen) atoms. The number of rotatable bonds is 2. The maximum atomic E-state index is 12.3. The molecule has 0 aliphatic carbocycles. The summed E-state index contributed by atoms with van der Waals surface area (Å²) in [5, 5.41) is 4.53. The number of thiazole rings is 1. The zero-order valence-corrected chi connectivity index (χ0v) is 11.7. The second kappa shape index (κ2) is 4.63. The number of carbonyl (C=O) groups excluding carboxylic acids is 1. The molecule has 0 radical (unpaired) electrons. The highest BCUT2D eigenvalue weighted by Crippen LogP contribution is 2.28. The van der Waals surface area contributed by atoms with Crippen molar-refractivity contribution >= 4 is 17.2 Å². The van der Waals surface area contributed by atoms with Crippen molar-refractivity contribution < 1.29 is 4.79 Å². The molecule has 1 amide bonds. The van der Waals surface area contributed by atoms with E-state index in [1.165, 1.54) is 4.88 Å². The third-order valence-corrected chi connectivity index (χ3v) is 5.09. The number of hydrogen-bond donors (Lipinski definition) is 1. The van der Waals surface area contributed by atoms with Crippen molar-refractivity contribution in [1.29, 1.82) is 0 Å². The maximum absolute atomic E-state index is 12.3. The first-order valence-corrected chi connectivity index (χ1v) is 7.42. The third-order valence-electron chi connectivity index (χ3n) is 4.03. The van der Waals surface area contributed by atoms with Crippen LogP contribution in [0.4, 0.5) is 0 Å². The molecule has 1 aromatic heterocycles. The van der Waals surface area contributed by atoms with Gasteiger partial charge in [-0.3, -0.25) is 4.79 Å². The molecule has 2 unspecified atom stereocenters. The highest BCUT2D eigenvalue weighted by atomic mass is 32.1. The van der Waals surface area contributed by atoms with E-state index in [-0.39, 0.29) is 5.92 Å². The Morgan fingerprint density at radius 3 is 3.00 bits per heavy atom. The number of piperidine rings is 1. The summed E-state index contributed by atoms with van der Waals surface area (Å²) in [6.07, 6.45) is 2.17. The molecule has 2 saturated heterocycles. The van der Waals surface area contributed by atoms with Crippen LogP contribution < -0.4 is 5.32 Å². The van der Waals surface area contributed by atoms with Gasteiger partial charge in [0.1, 0.15) is 5.01 Å². The molecular formula is C13H19N3OS. The standard InChI is InChI=1S/C13H19N3OS/c1-8-9(2)18-12(15-8)7-16-6-11-10(13(16)17)4-3-5-14-11/h10-11,14H,3-7H2,1-2H3. The Morgan fingerprint density at radius 2 is 2.33 bits per heavy atom. The molecule has 3 rings (SSSR count). The van der Waals surface area contributed by atoms with Gasteiger partial charge in [-0.15, -0.1) is 11.3 Å². The zero-order valence-electron chi connectivity index (χ0n) is 10.9. The molecule has 98 valence electrons. The Hall–Kier alpha value is -0.940. The average Bonchev–Trinajstić information content (AvgIpc) is 2.83. The van der Waals surface area contributed by atoms with Crippen LogP contribution in [0, 0.1) is 19.8 Å². The lowest BCUT2D eigenvalue weighted by atomic mass is 9.94. The van der Waals surface area contributed by atoms with Crippen LogP contribution in [0.15, 0.2) is 0 Å². The monoisotopic (exact) mass is 265 g/mol. The first kappa shape index (κ1) is 12.1. The predicted molar refractivity (Wildman–Crippen MR) is 71.5 cm³/mol. The number of hydrogen-bond acceptors (Lipinski definition) is 4. The third kappa shape index (κ3) is 2.06. The van der Waals surface area contributed by atoms with Crippen LogP contribution in [-0.4, -0.2) is 34.9 Å². The van der Waals surface area contributed by atoms with Gasteiger partial charge < -0.3 is 10.2 Å². The lowest BCUT2D eigenvalue weighted by molar-refractivity contribution is -0.131. The van der Waals surface area contributed by atoms with E-state index in [2.05, 4.69) is 17.2 Å². The number of aryl methyl sites for hydroxylation is 2. The lowest BCUT2D eigenvalue weighted by Crippen LogP contribution is -2.41. The molecule has 1 N–H and O–H groups in total. The normalized spacial score (nSPS) is 27.7. The number of carbonyl (C=O) groups is 1. The summed E-state index contributed by atoms with van der Waals surface area (Å²) >= 11 is 1.71. The highest BCUT2D eigenvalue weighted by Gasteiger charge is 2.41. The molecule has 2 fully saturated rings. The highest BCUT2D eigenvalue weighted by molar-refractivity contribution is 7.11. The molecule has 2 aliphatic heterocycles. The Kier molecular flexibility index (Phi) is 3.11. The van der Waals surface area contributed by atoms with Crippen molar-refractivity contribution in [2.24, 2.45) is 5.92 Å². The Morgan fingerprint density at radius 1 is 1.50 bits per heavy atom. The largest absolute Gasteiger partial charge is 0.334 e. The minimum absolute atomic E-state index is 0.209. The molecule has 2 aliphatic rings. The quantitative estimate of drug-likeness (QED) is 0.881. The van der Waals surface area contributed by atoms with Gasteiger partial charge in [-0.1, -0.05) is 0 Å². The molecule has 0 bridgehead atoms. The van der Waals surface area contributed by atoms with Gasteiger partial charge in [0.25, 0.3) is 0 Å². The number of fused-ring (bicyclic) bond motifs is 1. The zero-order chi connectivity index (χ0) is 12.7. The Bertz CT molecular complexity index is 451. The van der Waals surface area contributed by atoms with E-state index >= 15 is 0 Å². The van der Waals surface area contributed by atoms with E-state index in [0.717, 1.165) is 36.6 Å². The van der Waals surface area contributed by atoms with Crippen molar-refractivity contribution in [3.8, 4) is 0 Å². The van der Waals surface area contributed by atoms with E-state index in [0.29, 0.717) is 18.5 Å². The van der Waals surface area contributed by atoms with Crippen LogP contribution in [0.5, 0.6) is 0 Å². The molecule has 1 aromatic rings. The number of nitrogens with zero attached hydrogens (tertiary/aromatic N) is 2. The summed E-state index contributed by atoms with van der Waals surface area (Å²) < 4.78 is 0. The number of aromatic nitrogens is 1. The fraction of sp³-hybridized carbons (Fsp3) is 0.692.